The lowest BCUT2D eigenvalue weighted by Gasteiger charge is -2.26. The highest BCUT2D eigenvalue weighted by atomic mass is 16.3. The third-order valence-electron chi connectivity index (χ3n) is 2.76. The Labute approximate surface area is 95.2 Å². The summed E-state index contributed by atoms with van der Waals surface area (Å²) in [6, 6.07) is 7.74. The highest BCUT2D eigenvalue weighted by molar-refractivity contribution is 5.61. The van der Waals surface area contributed by atoms with Crippen LogP contribution in [0.5, 0.6) is 0 Å². The van der Waals surface area contributed by atoms with Crippen molar-refractivity contribution in [2.45, 2.75) is 13.0 Å². The summed E-state index contributed by atoms with van der Waals surface area (Å²) in [6.07, 6.45) is 5.29. The first-order chi connectivity index (χ1) is 7.85. The summed E-state index contributed by atoms with van der Waals surface area (Å²) in [4.78, 5) is 2.18. The summed E-state index contributed by atoms with van der Waals surface area (Å²) >= 11 is 0. The summed E-state index contributed by atoms with van der Waals surface area (Å²) in [6.45, 7) is 1.78. The van der Waals surface area contributed by atoms with E-state index in [0.29, 0.717) is 5.56 Å². The predicted molar refractivity (Wildman–Crippen MR) is 63.0 cm³/mol. The largest absolute Gasteiger partial charge is 0.392 e. The van der Waals surface area contributed by atoms with Crippen LogP contribution < -0.4 is 4.90 Å². The zero-order valence-electron chi connectivity index (χ0n) is 9.06. The van der Waals surface area contributed by atoms with Crippen molar-refractivity contribution in [2.24, 2.45) is 0 Å². The lowest BCUT2D eigenvalue weighted by Crippen LogP contribution is -2.27. The van der Waals surface area contributed by atoms with Gasteiger partial charge in [0.05, 0.1) is 17.9 Å². The number of aliphatic hydroxyl groups excluding tert-OH is 1. The quantitative estimate of drug-likeness (QED) is 0.764. The number of nitriles is 1. The molecule has 0 saturated heterocycles. The third kappa shape index (κ3) is 2.07. The number of hydrogen-bond donors (Lipinski definition) is 1. The first-order valence-electron chi connectivity index (χ1n) is 5.39. The topological polar surface area (TPSA) is 47.3 Å². The van der Waals surface area contributed by atoms with Crippen LogP contribution in [0.3, 0.4) is 0 Å². The van der Waals surface area contributed by atoms with E-state index in [2.05, 4.69) is 23.1 Å². The fourth-order valence-corrected chi connectivity index (χ4v) is 1.91. The van der Waals surface area contributed by atoms with E-state index in [1.54, 1.807) is 6.07 Å². The molecule has 0 aromatic heterocycles. The molecule has 0 radical (unpaired) electrons. The van der Waals surface area contributed by atoms with Crippen LogP contribution in [-0.4, -0.2) is 18.2 Å². The van der Waals surface area contributed by atoms with Gasteiger partial charge in [0.25, 0.3) is 0 Å². The molecule has 0 saturated carbocycles. The molecule has 0 fully saturated rings. The minimum Gasteiger partial charge on any atom is -0.392 e. The van der Waals surface area contributed by atoms with Crippen LogP contribution in [0, 0.1) is 11.3 Å². The molecular weight excluding hydrogens is 200 g/mol. The monoisotopic (exact) mass is 214 g/mol. The van der Waals surface area contributed by atoms with Crippen molar-refractivity contribution in [3.05, 3.63) is 41.5 Å². The molecule has 0 unspecified atom stereocenters. The molecule has 2 rings (SSSR count). The van der Waals surface area contributed by atoms with E-state index in [1.807, 2.05) is 12.1 Å². The normalized spacial score (nSPS) is 14.9. The van der Waals surface area contributed by atoms with Crippen molar-refractivity contribution in [3.8, 4) is 6.07 Å². The zero-order valence-corrected chi connectivity index (χ0v) is 9.06. The van der Waals surface area contributed by atoms with Crippen LogP contribution in [0.1, 0.15) is 17.5 Å². The van der Waals surface area contributed by atoms with Crippen LogP contribution in [0.15, 0.2) is 30.4 Å². The van der Waals surface area contributed by atoms with E-state index >= 15 is 0 Å². The zero-order chi connectivity index (χ0) is 11.4. The molecule has 82 valence electrons. The van der Waals surface area contributed by atoms with Gasteiger partial charge in [-0.25, -0.2) is 0 Å². The van der Waals surface area contributed by atoms with E-state index in [9.17, 15) is 0 Å². The maximum Gasteiger partial charge on any atom is 0.101 e. The first kappa shape index (κ1) is 10.7. The minimum absolute atomic E-state index is 0.0190. The number of anilines is 1. The summed E-state index contributed by atoms with van der Waals surface area (Å²) in [5.41, 5.74) is 2.39. The molecule has 0 aliphatic carbocycles. The van der Waals surface area contributed by atoms with Gasteiger partial charge in [-0.2, -0.15) is 5.26 Å². The Kier molecular flexibility index (Phi) is 3.23. The molecule has 1 heterocycles. The van der Waals surface area contributed by atoms with Gasteiger partial charge < -0.3 is 10.0 Å². The van der Waals surface area contributed by atoms with Gasteiger partial charge in [0.1, 0.15) is 6.07 Å². The molecule has 1 aromatic carbocycles. The highest BCUT2D eigenvalue weighted by Crippen LogP contribution is 2.23. The Balaban J connectivity index is 2.33. The van der Waals surface area contributed by atoms with Gasteiger partial charge in [0, 0.05) is 13.1 Å². The lowest BCUT2D eigenvalue weighted by molar-refractivity contribution is 0.282. The van der Waals surface area contributed by atoms with Gasteiger partial charge in [-0.1, -0.05) is 18.2 Å². The Morgan fingerprint density at radius 3 is 2.88 bits per heavy atom. The second kappa shape index (κ2) is 4.82. The van der Waals surface area contributed by atoms with E-state index in [0.717, 1.165) is 30.8 Å². The number of benzene rings is 1. The van der Waals surface area contributed by atoms with Crippen LogP contribution >= 0.6 is 0 Å². The van der Waals surface area contributed by atoms with Crippen molar-refractivity contribution in [1.29, 1.82) is 5.26 Å². The number of hydrogen-bond acceptors (Lipinski definition) is 3. The number of aliphatic hydroxyl groups is 1. The summed E-state index contributed by atoms with van der Waals surface area (Å²) in [5.74, 6) is 0. The van der Waals surface area contributed by atoms with E-state index in [1.165, 1.54) is 0 Å². The predicted octanol–water partition coefficient (Wildman–Crippen LogP) is 1.82. The van der Waals surface area contributed by atoms with Gasteiger partial charge in [-0.3, -0.25) is 0 Å². The van der Waals surface area contributed by atoms with Crippen LogP contribution in [0.25, 0.3) is 0 Å². The fraction of sp³-hybridized carbons (Fsp3) is 0.308. The molecule has 16 heavy (non-hydrogen) atoms. The molecule has 1 aliphatic rings. The Hall–Kier alpha value is -1.79. The van der Waals surface area contributed by atoms with Gasteiger partial charge >= 0.3 is 0 Å². The molecule has 0 amide bonds. The summed E-state index contributed by atoms with van der Waals surface area (Å²) in [7, 11) is 0. The van der Waals surface area contributed by atoms with Gasteiger partial charge in [0.15, 0.2) is 0 Å². The Morgan fingerprint density at radius 1 is 1.38 bits per heavy atom. The Morgan fingerprint density at radius 2 is 2.25 bits per heavy atom. The van der Waals surface area contributed by atoms with Crippen LogP contribution in [0.4, 0.5) is 5.69 Å². The van der Waals surface area contributed by atoms with E-state index in [4.69, 9.17) is 10.4 Å². The second-order valence-electron chi connectivity index (χ2n) is 3.83. The number of nitrogens with zero attached hydrogens (tertiary/aromatic N) is 2. The molecular formula is C13H14N2O. The average molecular weight is 214 g/mol. The average Bonchev–Trinajstić information content (AvgIpc) is 2.39. The smallest absolute Gasteiger partial charge is 0.101 e. The van der Waals surface area contributed by atoms with Crippen LogP contribution in [0.2, 0.25) is 0 Å². The molecule has 3 heteroatoms. The van der Waals surface area contributed by atoms with Crippen molar-refractivity contribution >= 4 is 5.69 Å². The minimum atomic E-state index is -0.0190. The SMILES string of the molecule is N#Cc1cc(CO)ccc1N1CC=CCC1. The summed E-state index contributed by atoms with van der Waals surface area (Å²) < 4.78 is 0. The molecule has 0 spiro atoms. The molecule has 0 atom stereocenters. The second-order valence-corrected chi connectivity index (χ2v) is 3.83. The van der Waals surface area contributed by atoms with Gasteiger partial charge in [-0.15, -0.1) is 0 Å². The van der Waals surface area contributed by atoms with Crippen LogP contribution in [-0.2, 0) is 6.61 Å². The molecule has 3 nitrogen and oxygen atoms in total. The molecule has 1 aliphatic heterocycles. The molecule has 0 bridgehead atoms. The summed E-state index contributed by atoms with van der Waals surface area (Å²) in [5, 5.41) is 18.1. The Bertz CT molecular complexity index is 446. The van der Waals surface area contributed by atoms with Gasteiger partial charge in [0.2, 0.25) is 0 Å². The van der Waals surface area contributed by atoms with Crippen molar-refractivity contribution in [1.82, 2.24) is 0 Å². The van der Waals surface area contributed by atoms with Gasteiger partial charge in [-0.05, 0) is 24.1 Å². The van der Waals surface area contributed by atoms with Crippen molar-refractivity contribution in [2.75, 3.05) is 18.0 Å². The molecule has 1 N–H and O–H groups in total. The maximum absolute atomic E-state index is 9.09. The fourth-order valence-electron chi connectivity index (χ4n) is 1.91. The maximum atomic E-state index is 9.09. The first-order valence-corrected chi connectivity index (χ1v) is 5.39. The third-order valence-corrected chi connectivity index (χ3v) is 2.76. The molecule has 1 aromatic rings. The van der Waals surface area contributed by atoms with Crippen molar-refractivity contribution in [3.63, 3.8) is 0 Å². The van der Waals surface area contributed by atoms with E-state index < -0.39 is 0 Å². The number of rotatable bonds is 2. The van der Waals surface area contributed by atoms with E-state index in [-0.39, 0.29) is 6.61 Å². The highest BCUT2D eigenvalue weighted by Gasteiger charge is 2.12. The van der Waals surface area contributed by atoms with Crippen molar-refractivity contribution < 1.29 is 5.11 Å². The lowest BCUT2D eigenvalue weighted by atomic mass is 10.1. The standard InChI is InChI=1S/C13H14N2O/c14-9-12-8-11(10-16)4-5-13(12)15-6-2-1-3-7-15/h1-2,4-5,8,16H,3,6-7,10H2.